The Morgan fingerprint density at radius 1 is 0.679 bits per heavy atom. The van der Waals surface area contributed by atoms with E-state index < -0.39 is 0 Å². The number of imidazole rings is 2. The summed E-state index contributed by atoms with van der Waals surface area (Å²) >= 11 is 2.22. The maximum absolute atomic E-state index is 13.8. The van der Waals surface area contributed by atoms with Crippen molar-refractivity contribution in [3.05, 3.63) is 191 Å². The van der Waals surface area contributed by atoms with Crippen molar-refractivity contribution in [3.8, 4) is 55.2 Å². The summed E-state index contributed by atoms with van der Waals surface area (Å²) in [6.07, 6.45) is 15.6. The second kappa shape index (κ2) is 22.7. The molecule has 12 aromatic rings. The van der Waals surface area contributed by atoms with Gasteiger partial charge in [-0.25, -0.2) is 9.97 Å². The van der Waals surface area contributed by atoms with Gasteiger partial charge in [0.2, 0.25) is 0 Å². The molecule has 1 saturated heterocycles. The standard InChI is InChI=1S/C32H25FN6S.C27H22FN7S.C2H6/c1-4-26-25(15-19(2)22-16-23(18-34-17-22)35-20(3)21-9-6-5-7-10-21)31(39-38-26)32-36-27-12-8-11-24(30(27)37-32)28-13-14-29(33)40-28;28-24-7-6-23(36-24)18-4-3-5-20-25(18)32-27(31-20)26-19-11-21(30-14-22(19)33-34-26)17-10-16(12-29-13-17)15-35-8-1-2-9-35;1-2/h4-18,35,38H,2-3H2,1H3,(H,36,37);3-7,10-14H,1-2,8-9,15H2,(H,31,32)(H,33,34);1-2H3/b25-15+,26-4+;;. The number of hydrogen-bond donors (Lipinski definition) is 5. The van der Waals surface area contributed by atoms with Crippen molar-refractivity contribution in [2.24, 2.45) is 0 Å². The SMILES string of the molecule is C=C(/C=c1/c(-c2nc3c(-c4ccc(F)s4)cccc3[nH]2)n[nH]/c1=C/C)c1cncc(NC(=C)c2ccccc2)c1.CC.Fc1ccc(-c2cccc3[nH]c(-c4n[nH]c5cnc(-c6cncc(CN7CCCC7)c6)cc45)nc23)s1. The smallest absolute Gasteiger partial charge is 0.176 e. The molecule has 1 aliphatic heterocycles. The zero-order valence-corrected chi connectivity index (χ0v) is 44.7. The minimum atomic E-state index is -0.230. The van der Waals surface area contributed by atoms with Gasteiger partial charge in [-0.15, -0.1) is 22.7 Å². The van der Waals surface area contributed by atoms with E-state index in [9.17, 15) is 8.78 Å². The summed E-state index contributed by atoms with van der Waals surface area (Å²) in [7, 11) is 0. The maximum atomic E-state index is 13.8. The molecule has 13 nitrogen and oxygen atoms in total. The van der Waals surface area contributed by atoms with Crippen LogP contribution in [0.3, 0.4) is 0 Å². The number of pyridine rings is 3. The maximum Gasteiger partial charge on any atom is 0.176 e. The van der Waals surface area contributed by atoms with Crippen LogP contribution < -0.4 is 15.9 Å². The summed E-state index contributed by atoms with van der Waals surface area (Å²) in [5.41, 5.74) is 14.5. The van der Waals surface area contributed by atoms with Gasteiger partial charge in [0, 0.05) is 73.4 Å². The second-order valence-corrected chi connectivity index (χ2v) is 20.4. The number of nitrogens with one attached hydrogen (secondary N) is 5. The number of thiophene rings is 2. The molecule has 0 amide bonds. The van der Waals surface area contributed by atoms with Crippen LogP contribution in [0.2, 0.25) is 0 Å². The summed E-state index contributed by atoms with van der Waals surface area (Å²) in [6.45, 7) is 17.6. The second-order valence-electron chi connectivity index (χ2n) is 18.3. The molecule has 0 aliphatic carbocycles. The molecule has 78 heavy (non-hydrogen) atoms. The molecule has 0 radical (unpaired) electrons. The number of halogens is 2. The third-order valence-electron chi connectivity index (χ3n) is 13.3. The van der Waals surface area contributed by atoms with Crippen LogP contribution in [0.1, 0.15) is 50.3 Å². The van der Waals surface area contributed by atoms with Gasteiger partial charge >= 0.3 is 0 Å². The Morgan fingerprint density at radius 3 is 1.99 bits per heavy atom. The number of allylic oxidation sites excluding steroid dienone is 1. The van der Waals surface area contributed by atoms with Crippen LogP contribution in [0.5, 0.6) is 0 Å². The average Bonchev–Trinajstić information content (AvgIpc) is 4.40. The monoisotopic (exact) mass is 1070 g/mol. The van der Waals surface area contributed by atoms with Crippen molar-refractivity contribution in [3.63, 3.8) is 0 Å². The lowest BCUT2D eigenvalue weighted by atomic mass is 10.1. The lowest BCUT2D eigenvalue weighted by molar-refractivity contribution is 0.331. The number of para-hydroxylation sites is 2. The highest BCUT2D eigenvalue weighted by Gasteiger charge is 2.19. The van der Waals surface area contributed by atoms with Gasteiger partial charge in [0.05, 0.1) is 56.7 Å². The van der Waals surface area contributed by atoms with Crippen LogP contribution in [-0.4, -0.2) is 73.3 Å². The molecule has 1 aliphatic rings. The Labute approximate surface area is 456 Å². The minimum absolute atomic E-state index is 0.213. The highest BCUT2D eigenvalue weighted by molar-refractivity contribution is 7.14. The third-order valence-corrected chi connectivity index (χ3v) is 15.1. The van der Waals surface area contributed by atoms with E-state index in [2.05, 4.69) is 74.8 Å². The molecule has 388 valence electrons. The molecule has 0 unspecified atom stereocenters. The lowest BCUT2D eigenvalue weighted by Gasteiger charge is -2.14. The topological polar surface area (TPSA) is 169 Å². The number of fused-ring (bicyclic) bond motifs is 3. The van der Waals surface area contributed by atoms with Gasteiger partial charge in [0.25, 0.3) is 0 Å². The fourth-order valence-corrected chi connectivity index (χ4v) is 11.0. The number of rotatable bonds is 12. The van der Waals surface area contributed by atoms with Gasteiger partial charge in [-0.3, -0.25) is 30.0 Å². The van der Waals surface area contributed by atoms with Crippen molar-refractivity contribution in [2.75, 3.05) is 18.4 Å². The molecule has 0 atom stereocenters. The van der Waals surface area contributed by atoms with Gasteiger partial charge in [-0.1, -0.05) is 87.7 Å². The average molecular weight is 1070 g/mol. The Balaban J connectivity index is 0.000000161. The van der Waals surface area contributed by atoms with Gasteiger partial charge < -0.3 is 15.3 Å². The van der Waals surface area contributed by atoms with Crippen molar-refractivity contribution < 1.29 is 8.78 Å². The molecule has 10 heterocycles. The van der Waals surface area contributed by atoms with Gasteiger partial charge in [0.1, 0.15) is 11.4 Å². The molecule has 9 aromatic heterocycles. The first-order valence-corrected chi connectivity index (χ1v) is 27.2. The van der Waals surface area contributed by atoms with Crippen molar-refractivity contribution >= 4 is 84.8 Å². The molecule has 1 fully saturated rings. The number of hydrogen-bond acceptors (Lipinski definition) is 11. The van der Waals surface area contributed by atoms with Crippen molar-refractivity contribution in [1.82, 2.24) is 60.2 Å². The summed E-state index contributed by atoms with van der Waals surface area (Å²) < 4.78 is 27.4. The van der Waals surface area contributed by atoms with Gasteiger partial charge in [0.15, 0.2) is 21.9 Å². The van der Waals surface area contributed by atoms with Crippen LogP contribution >= 0.6 is 22.7 Å². The van der Waals surface area contributed by atoms with Gasteiger partial charge in [-0.2, -0.15) is 19.0 Å². The summed E-state index contributed by atoms with van der Waals surface area (Å²) in [5.74, 6) is 1.26. The first-order chi connectivity index (χ1) is 38.2. The summed E-state index contributed by atoms with van der Waals surface area (Å²) in [5, 5.41) is 20.8. The molecular formula is C61H53F2N13S2. The van der Waals surface area contributed by atoms with Crippen molar-refractivity contribution in [2.45, 2.75) is 40.2 Å². The van der Waals surface area contributed by atoms with E-state index in [1.165, 1.54) is 30.5 Å². The van der Waals surface area contributed by atoms with E-state index in [0.717, 1.165) is 146 Å². The van der Waals surface area contributed by atoms with Crippen LogP contribution in [0.4, 0.5) is 14.5 Å². The first kappa shape index (κ1) is 51.1. The van der Waals surface area contributed by atoms with Crippen LogP contribution in [-0.2, 0) is 6.54 Å². The number of aromatic nitrogens is 11. The zero-order valence-electron chi connectivity index (χ0n) is 43.0. The zero-order chi connectivity index (χ0) is 53.7. The number of benzene rings is 3. The normalized spacial score (nSPS) is 13.0. The molecule has 0 spiro atoms. The molecular weight excluding hydrogens is 1020 g/mol. The Morgan fingerprint density at radius 2 is 1.33 bits per heavy atom. The van der Waals surface area contributed by atoms with E-state index >= 15 is 0 Å². The molecule has 5 N–H and O–H groups in total. The Bertz CT molecular complexity index is 4250. The van der Waals surface area contributed by atoms with Crippen LogP contribution in [0.15, 0.2) is 153 Å². The third kappa shape index (κ3) is 10.7. The largest absolute Gasteiger partial charge is 0.354 e. The van der Waals surface area contributed by atoms with Crippen molar-refractivity contribution in [1.29, 1.82) is 0 Å². The number of nitrogens with zero attached hydrogens (tertiary/aromatic N) is 8. The number of anilines is 1. The minimum Gasteiger partial charge on any atom is -0.354 e. The van der Waals surface area contributed by atoms with E-state index in [1.807, 2.05) is 124 Å². The molecule has 3 aromatic carbocycles. The number of likely N-dealkylation sites (tertiary alicyclic amines) is 1. The van der Waals surface area contributed by atoms with E-state index in [-0.39, 0.29) is 10.3 Å². The molecule has 0 bridgehead atoms. The highest BCUT2D eigenvalue weighted by Crippen LogP contribution is 2.36. The number of H-pyrrole nitrogens is 4. The molecule has 0 saturated carbocycles. The van der Waals surface area contributed by atoms with E-state index in [1.54, 1.807) is 30.7 Å². The highest BCUT2D eigenvalue weighted by atomic mass is 32.1. The van der Waals surface area contributed by atoms with Gasteiger partial charge in [-0.05, 0) is 110 Å². The molecule has 13 rings (SSSR count). The predicted octanol–water partition coefficient (Wildman–Crippen LogP) is 13.6. The summed E-state index contributed by atoms with van der Waals surface area (Å²) in [4.78, 5) is 34.2. The van der Waals surface area contributed by atoms with Crippen LogP contribution in [0.25, 0.3) is 112 Å². The fraction of sp³-hybridized carbons (Fsp3) is 0.131. The predicted molar refractivity (Wildman–Crippen MR) is 315 cm³/mol. The quantitative estimate of drug-likeness (QED) is 0.0799. The van der Waals surface area contributed by atoms with Crippen LogP contribution in [0, 0.1) is 10.3 Å². The Hall–Kier alpha value is -9.03. The number of aromatic amines is 4. The fourth-order valence-electron chi connectivity index (χ4n) is 9.51. The Kier molecular flexibility index (Phi) is 14.8. The molecule has 17 heteroatoms. The van der Waals surface area contributed by atoms with E-state index in [4.69, 9.17) is 9.97 Å². The first-order valence-electron chi connectivity index (χ1n) is 25.6. The summed E-state index contributed by atoms with van der Waals surface area (Å²) in [6, 6.07) is 34.4. The lowest BCUT2D eigenvalue weighted by Crippen LogP contribution is -2.23. The van der Waals surface area contributed by atoms with E-state index in [0.29, 0.717) is 23.0 Å².